The Bertz CT molecular complexity index is 1000. The Kier molecular flexibility index (Phi) is 7.19. The minimum atomic E-state index is -0.112. The molecule has 0 spiro atoms. The van der Waals surface area contributed by atoms with Crippen LogP contribution < -0.4 is 10.2 Å². The Labute approximate surface area is 176 Å². The average Bonchev–Trinajstić information content (AvgIpc) is 3.19. The van der Waals surface area contributed by atoms with Crippen molar-refractivity contribution in [2.24, 2.45) is 0 Å². The molecule has 2 aromatic carbocycles. The second-order valence-corrected chi connectivity index (χ2v) is 7.01. The fourth-order valence-corrected chi connectivity index (χ4v) is 2.99. The number of ether oxygens (including phenoxy) is 1. The molecule has 0 fully saturated rings. The summed E-state index contributed by atoms with van der Waals surface area (Å²) in [5.74, 6) is 0.406. The van der Waals surface area contributed by atoms with Crippen LogP contribution in [0.15, 0.2) is 60.8 Å². The number of nitrogens with one attached hydrogen (secondary N) is 1. The Morgan fingerprint density at radius 1 is 1.13 bits per heavy atom. The number of hydrogen-bond donors (Lipinski definition) is 1. The number of nitrogens with zero attached hydrogens (tertiary/aromatic N) is 4. The van der Waals surface area contributed by atoms with E-state index in [2.05, 4.69) is 21.4 Å². The second-order valence-electron chi connectivity index (χ2n) is 7.01. The van der Waals surface area contributed by atoms with Crippen LogP contribution in [0.1, 0.15) is 16.7 Å². The third kappa shape index (κ3) is 5.93. The van der Waals surface area contributed by atoms with Gasteiger partial charge in [0, 0.05) is 38.7 Å². The van der Waals surface area contributed by atoms with Gasteiger partial charge in [0.05, 0.1) is 31.2 Å². The maximum absolute atomic E-state index is 12.4. The summed E-state index contributed by atoms with van der Waals surface area (Å²) in [6.07, 6.45) is 2.10. The third-order valence-corrected chi connectivity index (χ3v) is 4.71. The summed E-state index contributed by atoms with van der Waals surface area (Å²) in [5.41, 5.74) is 3.68. The van der Waals surface area contributed by atoms with Gasteiger partial charge in [-0.25, -0.2) is 0 Å². The number of rotatable bonds is 9. The molecule has 3 rings (SSSR count). The highest BCUT2D eigenvalue weighted by Gasteiger charge is 2.08. The molecule has 7 nitrogen and oxygen atoms in total. The number of carbonyl (C=O) groups is 1. The molecule has 0 atom stereocenters. The predicted molar refractivity (Wildman–Crippen MR) is 116 cm³/mol. The van der Waals surface area contributed by atoms with Crippen molar-refractivity contribution in [3.8, 4) is 6.07 Å². The van der Waals surface area contributed by atoms with E-state index in [-0.39, 0.29) is 12.3 Å². The van der Waals surface area contributed by atoms with Gasteiger partial charge in [-0.1, -0.05) is 24.3 Å². The topological polar surface area (TPSA) is 83.2 Å². The highest BCUT2D eigenvalue weighted by molar-refractivity contribution is 5.91. The first kappa shape index (κ1) is 21.1. The summed E-state index contributed by atoms with van der Waals surface area (Å²) < 4.78 is 6.85. The fraction of sp³-hybridized carbons (Fsp3) is 0.261. The molecule has 1 aromatic heterocycles. The van der Waals surface area contributed by atoms with Gasteiger partial charge in [-0.15, -0.1) is 0 Å². The van der Waals surface area contributed by atoms with Crippen LogP contribution in [0.3, 0.4) is 0 Å². The number of benzene rings is 2. The molecule has 30 heavy (non-hydrogen) atoms. The summed E-state index contributed by atoms with van der Waals surface area (Å²) in [4.78, 5) is 14.5. The van der Waals surface area contributed by atoms with Crippen molar-refractivity contribution < 1.29 is 9.53 Å². The number of nitriles is 1. The Balaban J connectivity index is 1.52. The molecule has 1 heterocycles. The van der Waals surface area contributed by atoms with Gasteiger partial charge in [-0.3, -0.25) is 9.48 Å². The van der Waals surface area contributed by atoms with Crippen molar-refractivity contribution in [2.45, 2.75) is 13.0 Å². The molecule has 0 bridgehead atoms. The lowest BCUT2D eigenvalue weighted by atomic mass is 10.1. The lowest BCUT2D eigenvalue weighted by Gasteiger charge is -2.18. The van der Waals surface area contributed by atoms with E-state index in [9.17, 15) is 4.79 Å². The molecule has 1 N–H and O–H groups in total. The zero-order valence-electron chi connectivity index (χ0n) is 17.2. The predicted octanol–water partition coefficient (Wildman–Crippen LogP) is 3.07. The summed E-state index contributed by atoms with van der Waals surface area (Å²) in [5, 5.41) is 16.1. The first-order chi connectivity index (χ1) is 14.6. The molecule has 3 aromatic rings. The van der Waals surface area contributed by atoms with Crippen LogP contribution in [0.2, 0.25) is 0 Å². The summed E-state index contributed by atoms with van der Waals surface area (Å²) >= 11 is 0. The van der Waals surface area contributed by atoms with E-state index in [1.807, 2.05) is 49.6 Å². The number of anilines is 2. The van der Waals surface area contributed by atoms with Crippen LogP contribution in [0.5, 0.6) is 0 Å². The van der Waals surface area contributed by atoms with Gasteiger partial charge < -0.3 is 15.0 Å². The molecule has 0 saturated heterocycles. The largest absolute Gasteiger partial charge is 0.383 e. The van der Waals surface area contributed by atoms with Gasteiger partial charge in [-0.05, 0) is 35.4 Å². The number of likely N-dealkylation sites (N-methyl/N-ethyl adjacent to an activating group) is 1. The molecule has 1 amide bonds. The maximum Gasteiger partial charge on any atom is 0.229 e. The Hall–Kier alpha value is -3.63. The molecular formula is C23H25N5O2. The molecule has 0 unspecified atom stereocenters. The lowest BCUT2D eigenvalue weighted by Crippen LogP contribution is -2.22. The third-order valence-electron chi connectivity index (χ3n) is 4.71. The van der Waals surface area contributed by atoms with Crippen molar-refractivity contribution in [1.82, 2.24) is 9.78 Å². The zero-order chi connectivity index (χ0) is 21.3. The highest BCUT2D eigenvalue weighted by Crippen LogP contribution is 2.15. The SMILES string of the molecule is COCCN(C)c1ccc(CC(=O)Nc2ccn(Cc3ccc(C#N)cc3)n2)cc1. The molecule has 7 heteroatoms. The zero-order valence-corrected chi connectivity index (χ0v) is 17.2. The first-order valence-corrected chi connectivity index (χ1v) is 9.69. The molecule has 154 valence electrons. The normalized spacial score (nSPS) is 10.4. The monoisotopic (exact) mass is 403 g/mol. The molecule has 0 aliphatic heterocycles. The van der Waals surface area contributed by atoms with Gasteiger partial charge in [-0.2, -0.15) is 10.4 Å². The Morgan fingerprint density at radius 3 is 2.50 bits per heavy atom. The van der Waals surface area contributed by atoms with Crippen molar-refractivity contribution in [3.05, 3.63) is 77.5 Å². The number of methoxy groups -OCH3 is 1. The number of amides is 1. The average molecular weight is 403 g/mol. The summed E-state index contributed by atoms with van der Waals surface area (Å²) in [6.45, 7) is 2.04. The van der Waals surface area contributed by atoms with Crippen LogP contribution in [-0.2, 0) is 22.5 Å². The van der Waals surface area contributed by atoms with Gasteiger partial charge in [0.25, 0.3) is 0 Å². The van der Waals surface area contributed by atoms with Gasteiger partial charge >= 0.3 is 0 Å². The van der Waals surface area contributed by atoms with E-state index in [4.69, 9.17) is 10.00 Å². The fourth-order valence-electron chi connectivity index (χ4n) is 2.99. The van der Waals surface area contributed by atoms with E-state index in [0.29, 0.717) is 24.5 Å². The number of hydrogen-bond acceptors (Lipinski definition) is 5. The van der Waals surface area contributed by atoms with E-state index >= 15 is 0 Å². The molecule has 0 aliphatic carbocycles. The minimum absolute atomic E-state index is 0.112. The minimum Gasteiger partial charge on any atom is -0.383 e. The van der Waals surface area contributed by atoms with E-state index < -0.39 is 0 Å². The quantitative estimate of drug-likeness (QED) is 0.594. The van der Waals surface area contributed by atoms with E-state index in [1.165, 1.54) is 0 Å². The second kappa shape index (κ2) is 10.2. The molecule has 0 radical (unpaired) electrons. The van der Waals surface area contributed by atoms with E-state index in [1.54, 1.807) is 30.0 Å². The smallest absolute Gasteiger partial charge is 0.229 e. The number of aromatic nitrogens is 2. The van der Waals surface area contributed by atoms with Crippen LogP contribution in [0.25, 0.3) is 0 Å². The van der Waals surface area contributed by atoms with E-state index in [0.717, 1.165) is 23.4 Å². The first-order valence-electron chi connectivity index (χ1n) is 9.69. The van der Waals surface area contributed by atoms with Crippen LogP contribution in [0.4, 0.5) is 11.5 Å². The lowest BCUT2D eigenvalue weighted by molar-refractivity contribution is -0.115. The van der Waals surface area contributed by atoms with Crippen molar-refractivity contribution in [2.75, 3.05) is 37.5 Å². The van der Waals surface area contributed by atoms with Crippen molar-refractivity contribution >= 4 is 17.4 Å². The van der Waals surface area contributed by atoms with Crippen LogP contribution in [0, 0.1) is 11.3 Å². The van der Waals surface area contributed by atoms with Gasteiger partial charge in [0.2, 0.25) is 5.91 Å². The van der Waals surface area contributed by atoms with Crippen LogP contribution in [-0.4, -0.2) is 43.0 Å². The Morgan fingerprint density at radius 2 is 1.83 bits per heavy atom. The standard InChI is InChI=1S/C23H25N5O2/c1-27(13-14-30-2)21-9-7-18(8-10-21)15-23(29)25-22-11-12-28(26-22)17-20-5-3-19(16-24)4-6-20/h3-12H,13-15,17H2,1-2H3,(H,25,26,29). The van der Waals surface area contributed by atoms with Crippen molar-refractivity contribution in [1.29, 1.82) is 5.26 Å². The molecule has 0 aliphatic rings. The van der Waals surface area contributed by atoms with Gasteiger partial charge in [0.1, 0.15) is 0 Å². The van der Waals surface area contributed by atoms with Gasteiger partial charge in [0.15, 0.2) is 5.82 Å². The molecule has 0 saturated carbocycles. The number of carbonyl (C=O) groups excluding carboxylic acids is 1. The van der Waals surface area contributed by atoms with Crippen LogP contribution >= 0.6 is 0 Å². The van der Waals surface area contributed by atoms with Crippen molar-refractivity contribution in [3.63, 3.8) is 0 Å². The molecular weight excluding hydrogens is 378 g/mol. The summed E-state index contributed by atoms with van der Waals surface area (Å²) in [6, 6.07) is 19.2. The highest BCUT2D eigenvalue weighted by atomic mass is 16.5. The maximum atomic E-state index is 12.4. The summed E-state index contributed by atoms with van der Waals surface area (Å²) in [7, 11) is 3.70.